The molecule has 96 valence electrons. The van der Waals surface area contributed by atoms with Gasteiger partial charge in [-0.15, -0.1) is 5.10 Å². The van der Waals surface area contributed by atoms with Crippen molar-refractivity contribution in [3.05, 3.63) is 29.2 Å². The van der Waals surface area contributed by atoms with Crippen molar-refractivity contribution in [2.45, 2.75) is 6.54 Å². The first-order chi connectivity index (χ1) is 8.72. The molecule has 3 rings (SSSR count). The molecule has 0 bridgehead atoms. The van der Waals surface area contributed by atoms with Gasteiger partial charge in [-0.05, 0) is 19.2 Å². The summed E-state index contributed by atoms with van der Waals surface area (Å²) >= 11 is 6.07. The van der Waals surface area contributed by atoms with Gasteiger partial charge in [0, 0.05) is 26.2 Å². The Labute approximate surface area is 111 Å². The largest absolute Gasteiger partial charge is 0.304 e. The average molecular weight is 266 g/mol. The van der Waals surface area contributed by atoms with Crippen molar-refractivity contribution in [1.29, 1.82) is 0 Å². The molecule has 1 fully saturated rings. The fourth-order valence-corrected chi connectivity index (χ4v) is 2.39. The topological polar surface area (TPSA) is 36.7 Å². The number of fused-ring (bicyclic) bond motifs is 1. The first-order valence-electron chi connectivity index (χ1n) is 6.13. The van der Waals surface area contributed by atoms with Crippen LogP contribution in [0, 0.1) is 0 Å². The number of likely N-dealkylation sites (N-methyl/N-ethyl adjacent to an activating group) is 1. The molecule has 0 amide bonds. The van der Waals surface area contributed by atoms with Gasteiger partial charge in [0.25, 0.3) is 0 Å². The molecule has 0 atom stereocenters. The number of pyridine rings is 1. The van der Waals surface area contributed by atoms with Crippen LogP contribution in [0.2, 0.25) is 5.15 Å². The molecule has 0 aromatic carbocycles. The number of aromatic nitrogens is 3. The first-order valence-corrected chi connectivity index (χ1v) is 6.51. The predicted octanol–water partition coefficient (Wildman–Crippen LogP) is 1.13. The van der Waals surface area contributed by atoms with Gasteiger partial charge in [-0.1, -0.05) is 17.7 Å². The molecule has 1 aliphatic rings. The van der Waals surface area contributed by atoms with Gasteiger partial charge in [0.1, 0.15) is 5.15 Å². The second-order valence-electron chi connectivity index (χ2n) is 4.73. The summed E-state index contributed by atoms with van der Waals surface area (Å²) in [5, 5.41) is 5.05. The van der Waals surface area contributed by atoms with Crippen LogP contribution in [0.4, 0.5) is 0 Å². The maximum Gasteiger partial charge on any atom is 0.165 e. The highest BCUT2D eigenvalue weighted by molar-refractivity contribution is 6.29. The summed E-state index contributed by atoms with van der Waals surface area (Å²) in [5.74, 6) is 0.840. The van der Waals surface area contributed by atoms with Gasteiger partial charge in [0.05, 0.1) is 6.54 Å². The van der Waals surface area contributed by atoms with Gasteiger partial charge < -0.3 is 4.90 Å². The summed E-state index contributed by atoms with van der Waals surface area (Å²) in [4.78, 5) is 9.21. The third-order valence-corrected chi connectivity index (χ3v) is 3.60. The van der Waals surface area contributed by atoms with Crippen molar-refractivity contribution in [3.8, 4) is 0 Å². The lowest BCUT2D eigenvalue weighted by molar-refractivity contribution is 0.145. The Hall–Kier alpha value is -1.17. The molecule has 1 aliphatic heterocycles. The van der Waals surface area contributed by atoms with E-state index in [0.29, 0.717) is 5.15 Å². The Balaban J connectivity index is 1.77. The number of piperazine rings is 1. The summed E-state index contributed by atoms with van der Waals surface area (Å²) in [7, 11) is 2.15. The van der Waals surface area contributed by atoms with Crippen molar-refractivity contribution >= 4 is 17.2 Å². The first kappa shape index (κ1) is 11.9. The van der Waals surface area contributed by atoms with E-state index in [1.807, 2.05) is 18.2 Å². The van der Waals surface area contributed by atoms with Gasteiger partial charge in [0.15, 0.2) is 11.5 Å². The molecule has 0 radical (unpaired) electrons. The quantitative estimate of drug-likeness (QED) is 0.763. The highest BCUT2D eigenvalue weighted by Gasteiger charge is 2.16. The van der Waals surface area contributed by atoms with Crippen molar-refractivity contribution in [2.75, 3.05) is 33.2 Å². The highest BCUT2D eigenvalue weighted by atomic mass is 35.5. The number of nitrogens with zero attached hydrogens (tertiary/aromatic N) is 5. The second-order valence-corrected chi connectivity index (χ2v) is 5.11. The Kier molecular flexibility index (Phi) is 3.20. The number of rotatable bonds is 2. The molecule has 2 aromatic heterocycles. The highest BCUT2D eigenvalue weighted by Crippen LogP contribution is 2.12. The van der Waals surface area contributed by atoms with E-state index >= 15 is 0 Å². The zero-order valence-corrected chi connectivity index (χ0v) is 11.1. The minimum Gasteiger partial charge on any atom is -0.304 e. The molecule has 0 N–H and O–H groups in total. The molecule has 1 saturated heterocycles. The van der Waals surface area contributed by atoms with Crippen LogP contribution < -0.4 is 0 Å². The summed E-state index contributed by atoms with van der Waals surface area (Å²) in [6.07, 6.45) is 0. The zero-order valence-electron chi connectivity index (χ0n) is 10.4. The molecule has 3 heterocycles. The molecule has 0 spiro atoms. The van der Waals surface area contributed by atoms with Gasteiger partial charge in [-0.3, -0.25) is 4.90 Å². The third kappa shape index (κ3) is 2.34. The van der Waals surface area contributed by atoms with E-state index < -0.39 is 0 Å². The molecule has 6 heteroatoms. The van der Waals surface area contributed by atoms with Crippen LogP contribution in [0.5, 0.6) is 0 Å². The van der Waals surface area contributed by atoms with Gasteiger partial charge in [0.2, 0.25) is 0 Å². The SMILES string of the molecule is CN1CCN(Cc2nc3cccc(Cl)n3n2)CC1. The third-order valence-electron chi connectivity index (χ3n) is 3.32. The van der Waals surface area contributed by atoms with Crippen molar-refractivity contribution in [2.24, 2.45) is 0 Å². The Bertz CT molecular complexity index is 544. The monoisotopic (exact) mass is 265 g/mol. The minimum atomic E-state index is 0.602. The maximum atomic E-state index is 6.07. The van der Waals surface area contributed by atoms with E-state index in [-0.39, 0.29) is 0 Å². The van der Waals surface area contributed by atoms with Crippen LogP contribution in [0.1, 0.15) is 5.82 Å². The summed E-state index contributed by atoms with van der Waals surface area (Å²) in [5.41, 5.74) is 0.812. The molecule has 5 nitrogen and oxygen atoms in total. The van der Waals surface area contributed by atoms with Crippen LogP contribution in [0.25, 0.3) is 5.65 Å². The van der Waals surface area contributed by atoms with Crippen molar-refractivity contribution in [1.82, 2.24) is 24.4 Å². The second kappa shape index (κ2) is 4.84. The van der Waals surface area contributed by atoms with E-state index in [4.69, 9.17) is 11.6 Å². The molecular formula is C12H16ClN5. The van der Waals surface area contributed by atoms with E-state index in [9.17, 15) is 0 Å². The fourth-order valence-electron chi connectivity index (χ4n) is 2.19. The molecule has 0 aliphatic carbocycles. The minimum absolute atomic E-state index is 0.602. The van der Waals surface area contributed by atoms with Crippen LogP contribution in [-0.2, 0) is 6.54 Å². The number of hydrogen-bond acceptors (Lipinski definition) is 4. The van der Waals surface area contributed by atoms with Crippen molar-refractivity contribution in [3.63, 3.8) is 0 Å². The average Bonchev–Trinajstić information content (AvgIpc) is 2.76. The van der Waals surface area contributed by atoms with Crippen molar-refractivity contribution < 1.29 is 0 Å². The molecule has 18 heavy (non-hydrogen) atoms. The number of halogens is 1. The van der Waals surface area contributed by atoms with Crippen LogP contribution in [-0.4, -0.2) is 57.6 Å². The predicted molar refractivity (Wildman–Crippen MR) is 70.8 cm³/mol. The van der Waals surface area contributed by atoms with E-state index in [1.54, 1.807) is 4.52 Å². The van der Waals surface area contributed by atoms with Crippen LogP contribution >= 0.6 is 11.6 Å². The van der Waals surface area contributed by atoms with E-state index in [2.05, 4.69) is 26.9 Å². The summed E-state index contributed by atoms with van der Waals surface area (Å²) in [6.45, 7) is 5.15. The lowest BCUT2D eigenvalue weighted by Crippen LogP contribution is -2.44. The normalized spacial score (nSPS) is 18.6. The zero-order chi connectivity index (χ0) is 12.5. The summed E-state index contributed by atoms with van der Waals surface area (Å²) < 4.78 is 1.69. The van der Waals surface area contributed by atoms with Gasteiger partial charge >= 0.3 is 0 Å². The van der Waals surface area contributed by atoms with E-state index in [0.717, 1.165) is 44.2 Å². The van der Waals surface area contributed by atoms with Crippen LogP contribution in [0.3, 0.4) is 0 Å². The summed E-state index contributed by atoms with van der Waals surface area (Å²) in [6, 6.07) is 5.64. The standard InChI is InChI=1S/C12H16ClN5/c1-16-5-7-17(8-6-16)9-11-14-12-4-2-3-10(13)18(12)15-11/h2-4H,5-9H2,1H3. The Morgan fingerprint density at radius 3 is 2.72 bits per heavy atom. The van der Waals surface area contributed by atoms with E-state index in [1.165, 1.54) is 0 Å². The van der Waals surface area contributed by atoms with Crippen LogP contribution in [0.15, 0.2) is 18.2 Å². The van der Waals surface area contributed by atoms with Gasteiger partial charge in [-0.2, -0.15) is 0 Å². The Morgan fingerprint density at radius 2 is 2.00 bits per heavy atom. The molecule has 2 aromatic rings. The fraction of sp³-hybridized carbons (Fsp3) is 0.500. The Morgan fingerprint density at radius 1 is 1.22 bits per heavy atom. The molecular weight excluding hydrogens is 250 g/mol. The maximum absolute atomic E-state index is 6.07. The molecule has 0 unspecified atom stereocenters. The molecule has 0 saturated carbocycles. The lowest BCUT2D eigenvalue weighted by Gasteiger charge is -2.31. The number of hydrogen-bond donors (Lipinski definition) is 0. The van der Waals surface area contributed by atoms with Gasteiger partial charge in [-0.25, -0.2) is 9.50 Å². The smallest absolute Gasteiger partial charge is 0.165 e. The lowest BCUT2D eigenvalue weighted by atomic mass is 10.3.